The summed E-state index contributed by atoms with van der Waals surface area (Å²) in [4.78, 5) is 26.3. The van der Waals surface area contributed by atoms with Crippen LogP contribution in [-0.2, 0) is 0 Å². The Morgan fingerprint density at radius 3 is 2.86 bits per heavy atom. The first-order chi connectivity index (χ1) is 10.6. The van der Waals surface area contributed by atoms with Gasteiger partial charge in [0.05, 0.1) is 16.5 Å². The lowest BCUT2D eigenvalue weighted by Gasteiger charge is -2.33. The van der Waals surface area contributed by atoms with Gasteiger partial charge >= 0.3 is 0 Å². The topological polar surface area (TPSA) is 76.5 Å². The average molecular weight is 336 g/mol. The number of primary amides is 1. The molecule has 2 aromatic heterocycles. The lowest BCUT2D eigenvalue weighted by Crippen LogP contribution is -2.40. The molecule has 0 bridgehead atoms. The molecule has 22 heavy (non-hydrogen) atoms. The van der Waals surface area contributed by atoms with Crippen LogP contribution < -0.4 is 5.73 Å². The van der Waals surface area contributed by atoms with Crippen LogP contribution in [0.1, 0.15) is 37.6 Å². The molecule has 0 aliphatic carbocycles. The highest BCUT2D eigenvalue weighted by Crippen LogP contribution is 2.32. The van der Waals surface area contributed by atoms with Crippen molar-refractivity contribution in [1.82, 2.24) is 4.90 Å². The second-order valence-electron chi connectivity index (χ2n) is 5.10. The van der Waals surface area contributed by atoms with Gasteiger partial charge in [-0.05, 0) is 25.1 Å². The van der Waals surface area contributed by atoms with Crippen molar-refractivity contribution in [2.75, 3.05) is 18.1 Å². The first kappa shape index (κ1) is 15.2. The number of amides is 2. The monoisotopic (exact) mass is 336 g/mol. The van der Waals surface area contributed by atoms with Crippen molar-refractivity contribution < 1.29 is 14.0 Å². The van der Waals surface area contributed by atoms with Crippen LogP contribution in [0.25, 0.3) is 0 Å². The molecule has 1 aliphatic rings. The summed E-state index contributed by atoms with van der Waals surface area (Å²) in [5.41, 5.74) is 5.63. The summed E-state index contributed by atoms with van der Waals surface area (Å²) in [5, 5.41) is 1.63. The minimum absolute atomic E-state index is 0.0703. The Balaban J connectivity index is 1.86. The smallest absolute Gasteiger partial charge is 0.264 e. The van der Waals surface area contributed by atoms with Crippen molar-refractivity contribution in [2.24, 2.45) is 5.73 Å². The van der Waals surface area contributed by atoms with Crippen LogP contribution in [0, 0.1) is 6.92 Å². The molecule has 0 saturated carbocycles. The number of rotatable bonds is 3. The molecular weight excluding hydrogens is 320 g/mol. The number of hydrogen-bond acceptors (Lipinski definition) is 5. The number of aryl methyl sites for hydroxylation is 1. The van der Waals surface area contributed by atoms with Crippen molar-refractivity contribution in [3.63, 3.8) is 0 Å². The largest absolute Gasteiger partial charge is 0.464 e. The third-order valence-corrected chi connectivity index (χ3v) is 5.51. The van der Waals surface area contributed by atoms with Crippen molar-refractivity contribution in [2.45, 2.75) is 13.0 Å². The van der Waals surface area contributed by atoms with Gasteiger partial charge in [-0.1, -0.05) is 0 Å². The van der Waals surface area contributed by atoms with Crippen LogP contribution in [0.2, 0.25) is 0 Å². The molecule has 5 nitrogen and oxygen atoms in total. The first-order valence-electron chi connectivity index (χ1n) is 6.89. The van der Waals surface area contributed by atoms with Gasteiger partial charge in [0, 0.05) is 23.4 Å². The van der Waals surface area contributed by atoms with E-state index in [9.17, 15) is 9.59 Å². The minimum Gasteiger partial charge on any atom is -0.464 e. The van der Waals surface area contributed by atoms with E-state index in [-0.39, 0.29) is 11.9 Å². The van der Waals surface area contributed by atoms with E-state index in [2.05, 4.69) is 0 Å². The second kappa shape index (κ2) is 6.18. The zero-order chi connectivity index (χ0) is 15.7. The fraction of sp³-hybridized carbons (Fsp3) is 0.333. The molecule has 0 radical (unpaired) electrons. The van der Waals surface area contributed by atoms with E-state index in [0.717, 1.165) is 23.0 Å². The number of thiophene rings is 1. The minimum atomic E-state index is -0.511. The van der Waals surface area contributed by atoms with Gasteiger partial charge in [-0.3, -0.25) is 9.59 Å². The Kier molecular flexibility index (Phi) is 4.26. The predicted octanol–water partition coefficient (Wildman–Crippen LogP) is 2.68. The van der Waals surface area contributed by atoms with Crippen LogP contribution in [-0.4, -0.2) is 34.8 Å². The maximum Gasteiger partial charge on any atom is 0.264 e. The molecule has 0 unspecified atom stereocenters. The number of nitrogens with two attached hydrogens (primary N) is 1. The summed E-state index contributed by atoms with van der Waals surface area (Å²) in [5.74, 6) is 2.78. The van der Waals surface area contributed by atoms with E-state index in [1.54, 1.807) is 11.4 Å². The number of furan rings is 1. The fourth-order valence-corrected chi connectivity index (χ4v) is 4.35. The van der Waals surface area contributed by atoms with Gasteiger partial charge in [0.15, 0.2) is 0 Å². The van der Waals surface area contributed by atoms with Gasteiger partial charge in [-0.25, -0.2) is 0 Å². The molecule has 2 amide bonds. The quantitative estimate of drug-likeness (QED) is 0.935. The molecule has 3 heterocycles. The van der Waals surface area contributed by atoms with E-state index in [1.165, 1.54) is 11.3 Å². The molecule has 0 spiro atoms. The van der Waals surface area contributed by atoms with Crippen LogP contribution in [0.15, 0.2) is 28.0 Å². The van der Waals surface area contributed by atoms with E-state index in [0.29, 0.717) is 17.0 Å². The van der Waals surface area contributed by atoms with Crippen LogP contribution in [0.3, 0.4) is 0 Å². The zero-order valence-electron chi connectivity index (χ0n) is 12.1. The normalized spacial score (nSPS) is 18.4. The molecule has 1 saturated heterocycles. The summed E-state index contributed by atoms with van der Waals surface area (Å²) in [6.45, 7) is 2.56. The van der Waals surface area contributed by atoms with Gasteiger partial charge in [-0.2, -0.15) is 11.8 Å². The van der Waals surface area contributed by atoms with Crippen molar-refractivity contribution in [3.8, 4) is 0 Å². The third-order valence-electron chi connectivity index (χ3n) is 3.57. The van der Waals surface area contributed by atoms with E-state index in [4.69, 9.17) is 10.2 Å². The van der Waals surface area contributed by atoms with Crippen molar-refractivity contribution in [1.29, 1.82) is 0 Å². The van der Waals surface area contributed by atoms with Gasteiger partial charge < -0.3 is 15.1 Å². The van der Waals surface area contributed by atoms with E-state index >= 15 is 0 Å². The van der Waals surface area contributed by atoms with Gasteiger partial charge in [0.2, 0.25) is 5.91 Å². The van der Waals surface area contributed by atoms with Crippen LogP contribution in [0.4, 0.5) is 0 Å². The maximum atomic E-state index is 12.8. The number of hydrogen-bond donors (Lipinski definition) is 1. The van der Waals surface area contributed by atoms with E-state index in [1.807, 2.05) is 35.7 Å². The Bertz CT molecular complexity index is 707. The van der Waals surface area contributed by atoms with Gasteiger partial charge in [0.1, 0.15) is 11.5 Å². The molecule has 1 fully saturated rings. The summed E-state index contributed by atoms with van der Waals surface area (Å²) in [7, 11) is 0. The molecule has 1 atom stereocenters. The fourth-order valence-electron chi connectivity index (χ4n) is 2.43. The van der Waals surface area contributed by atoms with Gasteiger partial charge in [0.25, 0.3) is 5.91 Å². The highest BCUT2D eigenvalue weighted by Gasteiger charge is 2.31. The standard InChI is InChI=1S/C15H16N2O3S2/c1-9-2-3-12(20-9)11-8-21-5-4-17(11)15(19)13-6-10(7-22-13)14(16)18/h2-3,6-7,11H,4-5,8H2,1H3,(H2,16,18)/t11-/m0/s1. The number of carbonyl (C=O) groups excluding carboxylic acids is 2. The second-order valence-corrected chi connectivity index (χ2v) is 7.16. The summed E-state index contributed by atoms with van der Waals surface area (Å²) in [6, 6.07) is 5.34. The molecule has 1 aliphatic heterocycles. The maximum absolute atomic E-state index is 12.8. The van der Waals surface area contributed by atoms with Crippen molar-refractivity contribution in [3.05, 3.63) is 45.5 Å². The Hall–Kier alpha value is -1.73. The number of thioether (sulfide) groups is 1. The molecule has 7 heteroatoms. The Morgan fingerprint density at radius 1 is 1.41 bits per heavy atom. The van der Waals surface area contributed by atoms with Crippen LogP contribution >= 0.6 is 23.1 Å². The molecular formula is C15H16N2O3S2. The molecule has 116 valence electrons. The summed E-state index contributed by atoms with van der Waals surface area (Å²) in [6.07, 6.45) is 0. The molecule has 2 N–H and O–H groups in total. The lowest BCUT2D eigenvalue weighted by molar-refractivity contribution is 0.0686. The number of carbonyl (C=O) groups is 2. The van der Waals surface area contributed by atoms with Gasteiger partial charge in [-0.15, -0.1) is 11.3 Å². The first-order valence-corrected chi connectivity index (χ1v) is 8.93. The highest BCUT2D eigenvalue weighted by atomic mass is 32.2. The van der Waals surface area contributed by atoms with Crippen molar-refractivity contribution >= 4 is 34.9 Å². The Morgan fingerprint density at radius 2 is 2.23 bits per heavy atom. The lowest BCUT2D eigenvalue weighted by atomic mass is 10.2. The highest BCUT2D eigenvalue weighted by molar-refractivity contribution is 7.99. The summed E-state index contributed by atoms with van der Waals surface area (Å²) >= 11 is 3.06. The summed E-state index contributed by atoms with van der Waals surface area (Å²) < 4.78 is 5.70. The van der Waals surface area contributed by atoms with E-state index < -0.39 is 5.91 Å². The SMILES string of the molecule is Cc1ccc([C@@H]2CSCCN2C(=O)c2cc(C(N)=O)cs2)o1. The number of nitrogens with zero attached hydrogens (tertiary/aromatic N) is 1. The molecule has 2 aromatic rings. The average Bonchev–Trinajstić information content (AvgIpc) is 3.15. The molecule has 3 rings (SSSR count). The predicted molar refractivity (Wildman–Crippen MR) is 87.4 cm³/mol. The van der Waals surface area contributed by atoms with Crippen LogP contribution in [0.5, 0.6) is 0 Å². The molecule has 0 aromatic carbocycles. The third kappa shape index (κ3) is 2.91. The zero-order valence-corrected chi connectivity index (χ0v) is 13.7. The Labute approximate surface area is 136 Å².